The molecular weight excluding hydrogens is 591 g/mol. The number of fused-ring (bicyclic) bond motifs is 1. The molecule has 2 N–H and O–H groups in total. The van der Waals surface area contributed by atoms with E-state index in [4.69, 9.17) is 0 Å². The number of aromatic carboxylic acids is 1. The van der Waals surface area contributed by atoms with Crippen LogP contribution in [0.4, 0.5) is 13.2 Å². The van der Waals surface area contributed by atoms with Gasteiger partial charge in [0.15, 0.2) is 0 Å². The third-order valence-corrected chi connectivity index (χ3v) is 7.95. The molecule has 0 radical (unpaired) electrons. The zero-order valence-corrected chi connectivity index (χ0v) is 24.6. The Bertz CT molecular complexity index is 2040. The van der Waals surface area contributed by atoms with Crippen molar-refractivity contribution in [2.45, 2.75) is 25.7 Å². The Morgan fingerprint density at radius 1 is 0.826 bits per heavy atom. The lowest BCUT2D eigenvalue weighted by atomic mass is 9.97. The fourth-order valence-corrected chi connectivity index (χ4v) is 5.51. The van der Waals surface area contributed by atoms with Crippen molar-refractivity contribution in [2.24, 2.45) is 0 Å². The summed E-state index contributed by atoms with van der Waals surface area (Å²) in [6, 6.07) is 28.0. The highest BCUT2D eigenvalue weighted by atomic mass is 19.4. The molecule has 0 aliphatic heterocycles. The van der Waals surface area contributed by atoms with Crippen LogP contribution in [0, 0.1) is 0 Å². The second kappa shape index (κ2) is 12.4. The topological polar surface area (TPSA) is 84.2 Å². The number of carbonyl (C=O) groups is 2. The van der Waals surface area contributed by atoms with Crippen molar-refractivity contribution in [3.05, 3.63) is 150 Å². The van der Waals surface area contributed by atoms with Gasteiger partial charge in [0.2, 0.25) is 0 Å². The lowest BCUT2D eigenvalue weighted by molar-refractivity contribution is -0.137. The van der Waals surface area contributed by atoms with E-state index in [2.05, 4.69) is 10.3 Å². The Kier molecular flexibility index (Phi) is 8.15. The van der Waals surface area contributed by atoms with Crippen molar-refractivity contribution >= 4 is 22.8 Å². The van der Waals surface area contributed by atoms with E-state index in [1.54, 1.807) is 49.6 Å². The highest BCUT2D eigenvalue weighted by Gasteiger charge is 2.30. The van der Waals surface area contributed by atoms with Crippen LogP contribution in [-0.2, 0) is 12.7 Å². The number of amides is 1. The normalized spacial score (nSPS) is 12.2. The van der Waals surface area contributed by atoms with E-state index in [0.29, 0.717) is 39.7 Å². The fourth-order valence-electron chi connectivity index (χ4n) is 5.51. The second-order valence-corrected chi connectivity index (χ2v) is 11.0. The van der Waals surface area contributed by atoms with Crippen molar-refractivity contribution in [3.63, 3.8) is 0 Å². The van der Waals surface area contributed by atoms with Crippen LogP contribution in [0.2, 0.25) is 0 Å². The molecule has 0 saturated heterocycles. The Labute approximate surface area is 262 Å². The molecular formula is C37H28F3N3O3. The predicted octanol–water partition coefficient (Wildman–Crippen LogP) is 8.63. The fraction of sp³-hybridized carbons (Fsp3) is 0.108. The highest BCUT2D eigenvalue weighted by molar-refractivity contribution is 6.08. The molecule has 0 unspecified atom stereocenters. The van der Waals surface area contributed by atoms with Crippen molar-refractivity contribution in [1.29, 1.82) is 0 Å². The van der Waals surface area contributed by atoms with Crippen LogP contribution >= 0.6 is 0 Å². The van der Waals surface area contributed by atoms with E-state index in [1.165, 1.54) is 18.2 Å². The van der Waals surface area contributed by atoms with Crippen LogP contribution in [-0.4, -0.2) is 26.5 Å². The summed E-state index contributed by atoms with van der Waals surface area (Å²) >= 11 is 0. The van der Waals surface area contributed by atoms with Crippen molar-refractivity contribution in [2.75, 3.05) is 0 Å². The van der Waals surface area contributed by atoms with Crippen LogP contribution in [0.5, 0.6) is 0 Å². The van der Waals surface area contributed by atoms with E-state index in [-0.39, 0.29) is 5.56 Å². The molecule has 0 spiro atoms. The number of alkyl halides is 3. The molecule has 0 saturated carbocycles. The molecule has 6 aromatic rings. The van der Waals surface area contributed by atoms with Crippen molar-refractivity contribution < 1.29 is 27.9 Å². The number of aromatic nitrogens is 2. The lowest BCUT2D eigenvalue weighted by Crippen LogP contribution is -2.27. The number of carboxylic acids is 1. The van der Waals surface area contributed by atoms with Gasteiger partial charge in [-0.3, -0.25) is 9.78 Å². The number of rotatable bonds is 8. The first-order valence-corrected chi connectivity index (χ1v) is 14.5. The summed E-state index contributed by atoms with van der Waals surface area (Å²) < 4.78 is 42.6. The maximum atomic E-state index is 13.9. The summed E-state index contributed by atoms with van der Waals surface area (Å²) in [6.45, 7) is 2.24. The Morgan fingerprint density at radius 2 is 1.52 bits per heavy atom. The largest absolute Gasteiger partial charge is 0.478 e. The quantitative estimate of drug-likeness (QED) is 0.179. The summed E-state index contributed by atoms with van der Waals surface area (Å²) in [6.07, 6.45) is 0.826. The number of nitrogens with zero attached hydrogens (tertiary/aromatic N) is 2. The number of pyridine rings is 1. The van der Waals surface area contributed by atoms with Gasteiger partial charge in [-0.2, -0.15) is 13.2 Å². The number of nitrogens with one attached hydrogen (secondary N) is 1. The van der Waals surface area contributed by atoms with Gasteiger partial charge in [0.25, 0.3) is 5.91 Å². The number of benzene rings is 4. The number of hydrogen-bond donors (Lipinski definition) is 2. The molecule has 230 valence electrons. The van der Waals surface area contributed by atoms with E-state index in [0.717, 1.165) is 28.8 Å². The average molecular weight is 620 g/mol. The van der Waals surface area contributed by atoms with Crippen LogP contribution in [0.15, 0.2) is 122 Å². The molecule has 0 aliphatic carbocycles. The molecule has 6 nitrogen and oxygen atoms in total. The van der Waals surface area contributed by atoms with E-state index >= 15 is 0 Å². The van der Waals surface area contributed by atoms with Gasteiger partial charge in [-0.1, -0.05) is 48.5 Å². The van der Waals surface area contributed by atoms with Gasteiger partial charge in [0, 0.05) is 30.5 Å². The molecule has 4 aromatic carbocycles. The standard InChI is InChI=1S/C37H28F3N3O3/c1-23(25-9-11-28(12-10-25)36(45)46)42-35(44)33-21-31(29-3-2-4-32(20-29)37(38,39)40)19-30-15-18-43(34(30)33)22-24-5-7-26(8-6-24)27-13-16-41-17-14-27/h2-21,23H,22H2,1H3,(H,42,44)(H,45,46)/t23-/m0/s1. The summed E-state index contributed by atoms with van der Waals surface area (Å²) in [5.41, 5.74) is 4.89. The zero-order valence-electron chi connectivity index (χ0n) is 24.6. The van der Waals surface area contributed by atoms with Gasteiger partial charge in [-0.05, 0) is 94.9 Å². The summed E-state index contributed by atoms with van der Waals surface area (Å²) in [4.78, 5) is 29.3. The first-order chi connectivity index (χ1) is 22.1. The van der Waals surface area contributed by atoms with Gasteiger partial charge in [0.05, 0.1) is 28.2 Å². The lowest BCUT2D eigenvalue weighted by Gasteiger charge is -2.17. The molecule has 6 rings (SSSR count). The van der Waals surface area contributed by atoms with Gasteiger partial charge in [-0.15, -0.1) is 0 Å². The molecule has 1 atom stereocenters. The van der Waals surface area contributed by atoms with Gasteiger partial charge in [-0.25, -0.2) is 4.79 Å². The summed E-state index contributed by atoms with van der Waals surface area (Å²) in [7, 11) is 0. The van der Waals surface area contributed by atoms with Crippen LogP contribution in [0.25, 0.3) is 33.2 Å². The Balaban J connectivity index is 1.38. The predicted molar refractivity (Wildman–Crippen MR) is 170 cm³/mol. The Hall–Kier alpha value is -5.70. The third kappa shape index (κ3) is 6.39. The molecule has 9 heteroatoms. The number of halogens is 3. The zero-order chi connectivity index (χ0) is 32.4. The molecule has 2 aromatic heterocycles. The van der Waals surface area contributed by atoms with Crippen molar-refractivity contribution in [1.82, 2.24) is 14.9 Å². The van der Waals surface area contributed by atoms with Gasteiger partial charge >= 0.3 is 12.1 Å². The second-order valence-electron chi connectivity index (χ2n) is 11.0. The maximum absolute atomic E-state index is 13.9. The number of carbonyl (C=O) groups excluding carboxylic acids is 1. The SMILES string of the molecule is C[C@H](NC(=O)c1cc(-c2cccc(C(F)(F)F)c2)cc2ccn(Cc3ccc(-c4ccncc4)cc3)c12)c1ccc(C(=O)O)cc1. The van der Waals surface area contributed by atoms with Crippen LogP contribution in [0.3, 0.4) is 0 Å². The van der Waals surface area contributed by atoms with Gasteiger partial charge in [0.1, 0.15) is 0 Å². The minimum absolute atomic E-state index is 0.129. The molecule has 0 fully saturated rings. The monoisotopic (exact) mass is 619 g/mol. The first kappa shape index (κ1) is 30.3. The van der Waals surface area contributed by atoms with Crippen molar-refractivity contribution in [3.8, 4) is 22.3 Å². The van der Waals surface area contributed by atoms with Gasteiger partial charge < -0.3 is 15.0 Å². The molecule has 0 bridgehead atoms. The summed E-state index contributed by atoms with van der Waals surface area (Å²) in [5.74, 6) is -1.47. The smallest absolute Gasteiger partial charge is 0.416 e. The minimum atomic E-state index is -4.51. The van der Waals surface area contributed by atoms with E-state index < -0.39 is 29.7 Å². The number of carboxylic acid groups (broad SMARTS) is 1. The number of hydrogen-bond acceptors (Lipinski definition) is 3. The molecule has 46 heavy (non-hydrogen) atoms. The molecule has 1 amide bonds. The molecule has 0 aliphatic rings. The minimum Gasteiger partial charge on any atom is -0.478 e. The van der Waals surface area contributed by atoms with E-state index in [9.17, 15) is 27.9 Å². The van der Waals surface area contributed by atoms with Crippen LogP contribution in [0.1, 0.15) is 50.4 Å². The first-order valence-electron chi connectivity index (χ1n) is 14.5. The van der Waals surface area contributed by atoms with E-state index in [1.807, 2.05) is 53.2 Å². The average Bonchev–Trinajstić information content (AvgIpc) is 3.47. The van der Waals surface area contributed by atoms with Crippen LogP contribution < -0.4 is 5.32 Å². The Morgan fingerprint density at radius 3 is 2.20 bits per heavy atom. The third-order valence-electron chi connectivity index (χ3n) is 7.95. The molecule has 2 heterocycles. The maximum Gasteiger partial charge on any atom is 0.416 e. The summed E-state index contributed by atoms with van der Waals surface area (Å²) in [5, 5.41) is 12.9. The highest BCUT2D eigenvalue weighted by Crippen LogP contribution is 2.35.